The second kappa shape index (κ2) is 6.03. The molecule has 0 aliphatic carbocycles. The number of para-hydroxylation sites is 1. The molecule has 0 saturated heterocycles. The van der Waals surface area contributed by atoms with Crippen molar-refractivity contribution in [1.29, 1.82) is 0 Å². The Morgan fingerprint density at radius 1 is 1.47 bits per heavy atom. The van der Waals surface area contributed by atoms with Gasteiger partial charge in [0.1, 0.15) is 0 Å². The fraction of sp³-hybridized carbons (Fsp3) is 0.571. The van der Waals surface area contributed by atoms with Gasteiger partial charge in [-0.3, -0.25) is 0 Å². The van der Waals surface area contributed by atoms with Crippen molar-refractivity contribution in [2.24, 2.45) is 0 Å². The molecule has 1 aliphatic heterocycles. The van der Waals surface area contributed by atoms with Crippen molar-refractivity contribution in [3.63, 3.8) is 0 Å². The van der Waals surface area contributed by atoms with Crippen LogP contribution >= 0.6 is 0 Å². The van der Waals surface area contributed by atoms with Crippen molar-refractivity contribution in [2.45, 2.75) is 38.8 Å². The SMILES string of the molecule is CC(CCCO)NCc1cccc2c1NCC2. The molecule has 0 spiro atoms. The quantitative estimate of drug-likeness (QED) is 0.704. The molecule has 1 aromatic rings. The van der Waals surface area contributed by atoms with Crippen LogP contribution < -0.4 is 10.6 Å². The molecular formula is C14H22N2O. The van der Waals surface area contributed by atoms with Gasteiger partial charge in [0, 0.05) is 31.4 Å². The first-order valence-corrected chi connectivity index (χ1v) is 6.50. The molecule has 94 valence electrons. The zero-order valence-electron chi connectivity index (χ0n) is 10.5. The van der Waals surface area contributed by atoms with Crippen LogP contribution in [0.5, 0.6) is 0 Å². The maximum Gasteiger partial charge on any atom is 0.0431 e. The molecule has 0 amide bonds. The lowest BCUT2D eigenvalue weighted by Gasteiger charge is -2.15. The van der Waals surface area contributed by atoms with E-state index in [1.807, 2.05) is 0 Å². The Morgan fingerprint density at radius 2 is 2.35 bits per heavy atom. The zero-order valence-corrected chi connectivity index (χ0v) is 10.5. The zero-order chi connectivity index (χ0) is 12.1. The monoisotopic (exact) mass is 234 g/mol. The van der Waals surface area contributed by atoms with Crippen LogP contribution in [0.25, 0.3) is 0 Å². The largest absolute Gasteiger partial charge is 0.396 e. The van der Waals surface area contributed by atoms with E-state index >= 15 is 0 Å². The van der Waals surface area contributed by atoms with Crippen molar-refractivity contribution in [1.82, 2.24) is 5.32 Å². The van der Waals surface area contributed by atoms with Crippen LogP contribution in [-0.2, 0) is 13.0 Å². The molecule has 1 atom stereocenters. The lowest BCUT2D eigenvalue weighted by atomic mass is 10.1. The smallest absolute Gasteiger partial charge is 0.0431 e. The molecule has 3 heteroatoms. The summed E-state index contributed by atoms with van der Waals surface area (Å²) in [6, 6.07) is 6.98. The number of benzene rings is 1. The lowest BCUT2D eigenvalue weighted by molar-refractivity contribution is 0.276. The number of hydrogen-bond acceptors (Lipinski definition) is 3. The van der Waals surface area contributed by atoms with Crippen LogP contribution in [0.15, 0.2) is 18.2 Å². The highest BCUT2D eigenvalue weighted by molar-refractivity contribution is 5.61. The Labute approximate surface area is 103 Å². The molecule has 1 aliphatic rings. The van der Waals surface area contributed by atoms with Gasteiger partial charge in [-0.1, -0.05) is 18.2 Å². The highest BCUT2D eigenvalue weighted by atomic mass is 16.2. The van der Waals surface area contributed by atoms with Crippen LogP contribution in [0.2, 0.25) is 0 Å². The molecule has 1 aromatic carbocycles. The number of fused-ring (bicyclic) bond motifs is 1. The minimum atomic E-state index is 0.286. The van der Waals surface area contributed by atoms with Gasteiger partial charge in [-0.2, -0.15) is 0 Å². The van der Waals surface area contributed by atoms with Gasteiger partial charge in [-0.15, -0.1) is 0 Å². The van der Waals surface area contributed by atoms with Crippen molar-refractivity contribution in [3.05, 3.63) is 29.3 Å². The molecule has 2 rings (SSSR count). The third kappa shape index (κ3) is 3.20. The minimum Gasteiger partial charge on any atom is -0.396 e. The second-order valence-electron chi connectivity index (χ2n) is 4.78. The normalized spacial score (nSPS) is 15.4. The summed E-state index contributed by atoms with van der Waals surface area (Å²) in [5.41, 5.74) is 4.12. The Balaban J connectivity index is 1.89. The van der Waals surface area contributed by atoms with Crippen LogP contribution in [0.3, 0.4) is 0 Å². The standard InChI is InChI=1S/C14H22N2O/c1-11(4-3-9-17)16-10-13-6-2-5-12-7-8-15-14(12)13/h2,5-6,11,15-17H,3-4,7-10H2,1H3. The predicted molar refractivity (Wildman–Crippen MR) is 71.3 cm³/mol. The number of anilines is 1. The summed E-state index contributed by atoms with van der Waals surface area (Å²) in [5, 5.41) is 15.8. The molecule has 0 bridgehead atoms. The van der Waals surface area contributed by atoms with Gasteiger partial charge in [0.25, 0.3) is 0 Å². The van der Waals surface area contributed by atoms with E-state index in [1.54, 1.807) is 0 Å². The van der Waals surface area contributed by atoms with E-state index in [4.69, 9.17) is 5.11 Å². The summed E-state index contributed by atoms with van der Waals surface area (Å²) >= 11 is 0. The van der Waals surface area contributed by atoms with E-state index < -0.39 is 0 Å². The van der Waals surface area contributed by atoms with Crippen LogP contribution in [0.1, 0.15) is 30.9 Å². The average Bonchev–Trinajstić information content (AvgIpc) is 2.82. The van der Waals surface area contributed by atoms with Gasteiger partial charge in [0.2, 0.25) is 0 Å². The number of aliphatic hydroxyl groups is 1. The van der Waals surface area contributed by atoms with Crippen LogP contribution in [-0.4, -0.2) is 24.3 Å². The number of rotatable bonds is 6. The van der Waals surface area contributed by atoms with Crippen molar-refractivity contribution < 1.29 is 5.11 Å². The molecule has 0 radical (unpaired) electrons. The molecule has 1 unspecified atom stereocenters. The Hall–Kier alpha value is -1.06. The van der Waals surface area contributed by atoms with Gasteiger partial charge >= 0.3 is 0 Å². The molecule has 0 saturated carbocycles. The van der Waals surface area contributed by atoms with E-state index in [2.05, 4.69) is 35.8 Å². The van der Waals surface area contributed by atoms with E-state index in [0.29, 0.717) is 6.04 Å². The average molecular weight is 234 g/mol. The summed E-state index contributed by atoms with van der Waals surface area (Å²) in [5.74, 6) is 0. The molecule has 3 nitrogen and oxygen atoms in total. The summed E-state index contributed by atoms with van der Waals surface area (Å²) in [7, 11) is 0. The Kier molecular flexibility index (Phi) is 4.40. The lowest BCUT2D eigenvalue weighted by Crippen LogP contribution is -2.26. The van der Waals surface area contributed by atoms with E-state index in [-0.39, 0.29) is 6.61 Å². The fourth-order valence-electron chi connectivity index (χ4n) is 2.34. The number of aliphatic hydroxyl groups excluding tert-OH is 1. The first kappa shape index (κ1) is 12.4. The topological polar surface area (TPSA) is 44.3 Å². The summed E-state index contributed by atoms with van der Waals surface area (Å²) in [4.78, 5) is 0. The molecule has 17 heavy (non-hydrogen) atoms. The first-order chi connectivity index (χ1) is 8.31. The summed E-state index contributed by atoms with van der Waals surface area (Å²) < 4.78 is 0. The molecule has 0 aromatic heterocycles. The molecular weight excluding hydrogens is 212 g/mol. The molecule has 3 N–H and O–H groups in total. The first-order valence-electron chi connectivity index (χ1n) is 6.50. The minimum absolute atomic E-state index is 0.286. The highest BCUT2D eigenvalue weighted by Gasteiger charge is 2.13. The van der Waals surface area contributed by atoms with Gasteiger partial charge in [-0.25, -0.2) is 0 Å². The fourth-order valence-corrected chi connectivity index (χ4v) is 2.34. The molecule has 0 fully saturated rings. The number of nitrogens with one attached hydrogen (secondary N) is 2. The van der Waals surface area contributed by atoms with Gasteiger partial charge in [0.15, 0.2) is 0 Å². The van der Waals surface area contributed by atoms with Crippen molar-refractivity contribution in [2.75, 3.05) is 18.5 Å². The maximum atomic E-state index is 8.79. The third-order valence-corrected chi connectivity index (χ3v) is 3.37. The van der Waals surface area contributed by atoms with E-state index in [1.165, 1.54) is 16.8 Å². The molecule has 1 heterocycles. The van der Waals surface area contributed by atoms with Crippen LogP contribution in [0, 0.1) is 0 Å². The van der Waals surface area contributed by atoms with Gasteiger partial charge < -0.3 is 15.7 Å². The van der Waals surface area contributed by atoms with Gasteiger partial charge in [0.05, 0.1) is 0 Å². The third-order valence-electron chi connectivity index (χ3n) is 3.37. The van der Waals surface area contributed by atoms with Gasteiger partial charge in [-0.05, 0) is 37.3 Å². The van der Waals surface area contributed by atoms with E-state index in [9.17, 15) is 0 Å². The maximum absolute atomic E-state index is 8.79. The Morgan fingerprint density at radius 3 is 3.18 bits per heavy atom. The van der Waals surface area contributed by atoms with Crippen molar-refractivity contribution >= 4 is 5.69 Å². The number of hydrogen-bond donors (Lipinski definition) is 3. The van der Waals surface area contributed by atoms with Crippen LogP contribution in [0.4, 0.5) is 5.69 Å². The highest BCUT2D eigenvalue weighted by Crippen LogP contribution is 2.26. The summed E-state index contributed by atoms with van der Waals surface area (Å²) in [6.45, 7) is 4.43. The summed E-state index contributed by atoms with van der Waals surface area (Å²) in [6.07, 6.45) is 3.04. The van der Waals surface area contributed by atoms with Crippen molar-refractivity contribution in [3.8, 4) is 0 Å². The predicted octanol–water partition coefficient (Wildman–Crippen LogP) is 1.91. The van der Waals surface area contributed by atoms with E-state index in [0.717, 1.165) is 32.4 Å². The Bertz CT molecular complexity index is 365. The second-order valence-corrected chi connectivity index (χ2v) is 4.78.